The highest BCUT2D eigenvalue weighted by Crippen LogP contribution is 2.51. The molecule has 1 heterocycles. The summed E-state index contributed by atoms with van der Waals surface area (Å²) < 4.78 is 0. The molecule has 154 valence electrons. The highest BCUT2D eigenvalue weighted by molar-refractivity contribution is 5.79. The second-order valence-corrected chi connectivity index (χ2v) is 8.45. The number of allylic oxidation sites excluding steroid dienone is 3. The van der Waals surface area contributed by atoms with E-state index in [0.29, 0.717) is 5.92 Å². The molecule has 2 aromatic rings. The molecule has 1 N–H and O–H groups in total. The topological polar surface area (TPSA) is 45.2 Å². The van der Waals surface area contributed by atoms with Gasteiger partial charge >= 0.3 is 0 Å². The molecule has 2 bridgehead atoms. The van der Waals surface area contributed by atoms with Crippen LogP contribution in [0.2, 0.25) is 0 Å². The Morgan fingerprint density at radius 1 is 1.27 bits per heavy atom. The first kappa shape index (κ1) is 20.3. The summed E-state index contributed by atoms with van der Waals surface area (Å²) in [7, 11) is 0. The van der Waals surface area contributed by atoms with Crippen molar-refractivity contribution >= 4 is 12.3 Å². The predicted octanol–water partition coefficient (Wildman–Crippen LogP) is 5.78. The van der Waals surface area contributed by atoms with E-state index in [-0.39, 0.29) is 5.56 Å². The lowest BCUT2D eigenvalue weighted by atomic mass is 9.63. The number of nitrogens with zero attached hydrogens (tertiary/aromatic N) is 1. The van der Waals surface area contributed by atoms with Crippen molar-refractivity contribution in [2.75, 3.05) is 0 Å². The molecule has 0 saturated heterocycles. The van der Waals surface area contributed by atoms with E-state index in [9.17, 15) is 4.79 Å². The van der Waals surface area contributed by atoms with Gasteiger partial charge in [0.05, 0.1) is 0 Å². The van der Waals surface area contributed by atoms with Crippen LogP contribution < -0.4 is 5.56 Å². The fraction of sp³-hybridized carbons (Fsp3) is 0.333. The van der Waals surface area contributed by atoms with Crippen LogP contribution in [0.5, 0.6) is 0 Å². The van der Waals surface area contributed by atoms with Crippen molar-refractivity contribution in [1.29, 1.82) is 0 Å². The summed E-state index contributed by atoms with van der Waals surface area (Å²) >= 11 is 0. The average Bonchev–Trinajstić information content (AvgIpc) is 2.71. The molecule has 3 nitrogen and oxygen atoms in total. The van der Waals surface area contributed by atoms with E-state index < -0.39 is 5.54 Å². The number of aromatic nitrogens is 1. The highest BCUT2D eigenvalue weighted by Gasteiger charge is 2.46. The van der Waals surface area contributed by atoms with Crippen LogP contribution in [0.25, 0.3) is 6.08 Å². The van der Waals surface area contributed by atoms with Gasteiger partial charge in [-0.05, 0) is 55.5 Å². The van der Waals surface area contributed by atoms with Gasteiger partial charge in [0, 0.05) is 35.9 Å². The van der Waals surface area contributed by atoms with E-state index in [2.05, 4.69) is 68.2 Å². The SMILES string of the molecule is CC=C1C2C=C(C)CC1(N=CC=Cc1cccc(CCC)c1)c1ccc(=O)[nH]c1C2. The number of fused-ring (bicyclic) bond motifs is 4. The van der Waals surface area contributed by atoms with E-state index in [4.69, 9.17) is 4.99 Å². The van der Waals surface area contributed by atoms with E-state index in [1.54, 1.807) is 6.07 Å². The minimum atomic E-state index is -0.426. The second kappa shape index (κ2) is 8.43. The van der Waals surface area contributed by atoms with Crippen LogP contribution in [0.15, 0.2) is 75.6 Å². The Hall–Kier alpha value is -2.94. The first-order chi connectivity index (χ1) is 14.6. The first-order valence-corrected chi connectivity index (χ1v) is 10.9. The molecule has 0 spiro atoms. The van der Waals surface area contributed by atoms with E-state index >= 15 is 0 Å². The fourth-order valence-corrected chi connectivity index (χ4v) is 5.12. The Morgan fingerprint density at radius 2 is 2.13 bits per heavy atom. The number of pyridine rings is 1. The fourth-order valence-electron chi connectivity index (χ4n) is 5.12. The Balaban J connectivity index is 1.71. The summed E-state index contributed by atoms with van der Waals surface area (Å²) in [5, 5.41) is 0. The molecule has 4 rings (SSSR count). The maximum atomic E-state index is 11.9. The van der Waals surface area contributed by atoms with Gasteiger partial charge in [0.2, 0.25) is 5.56 Å². The largest absolute Gasteiger partial charge is 0.326 e. The van der Waals surface area contributed by atoms with Crippen molar-refractivity contribution in [3.63, 3.8) is 0 Å². The summed E-state index contributed by atoms with van der Waals surface area (Å²) in [5.41, 5.74) is 6.95. The van der Waals surface area contributed by atoms with Crippen LogP contribution >= 0.6 is 0 Å². The molecule has 2 aliphatic rings. The summed E-state index contributed by atoms with van der Waals surface area (Å²) in [5.74, 6) is 0.293. The molecule has 2 aliphatic carbocycles. The smallest absolute Gasteiger partial charge is 0.248 e. The third-order valence-electron chi connectivity index (χ3n) is 6.24. The molecule has 2 unspecified atom stereocenters. The zero-order valence-corrected chi connectivity index (χ0v) is 18.1. The number of benzene rings is 1. The maximum Gasteiger partial charge on any atom is 0.248 e. The number of rotatable bonds is 5. The van der Waals surface area contributed by atoms with Crippen molar-refractivity contribution in [2.45, 2.75) is 52.0 Å². The van der Waals surface area contributed by atoms with Crippen molar-refractivity contribution in [3.8, 4) is 0 Å². The number of aryl methyl sites for hydroxylation is 1. The third-order valence-corrected chi connectivity index (χ3v) is 6.24. The number of H-pyrrole nitrogens is 1. The normalized spacial score (nSPS) is 24.4. The monoisotopic (exact) mass is 398 g/mol. The molecule has 1 aromatic heterocycles. The molecule has 3 heteroatoms. The number of hydrogen-bond acceptors (Lipinski definition) is 2. The molecule has 0 fully saturated rings. The number of aromatic amines is 1. The van der Waals surface area contributed by atoms with Crippen LogP contribution in [0.4, 0.5) is 0 Å². The summed E-state index contributed by atoms with van der Waals surface area (Å²) in [6.45, 7) is 6.50. The third kappa shape index (κ3) is 3.77. The van der Waals surface area contributed by atoms with Gasteiger partial charge in [-0.3, -0.25) is 9.79 Å². The Kier molecular flexibility index (Phi) is 5.72. The van der Waals surface area contributed by atoms with Gasteiger partial charge in [0.15, 0.2) is 0 Å². The van der Waals surface area contributed by atoms with Crippen LogP contribution in [0.1, 0.15) is 56.0 Å². The zero-order chi connectivity index (χ0) is 21.1. The Labute approximate surface area is 179 Å². The van der Waals surface area contributed by atoms with Crippen molar-refractivity contribution in [1.82, 2.24) is 4.98 Å². The Morgan fingerprint density at radius 3 is 2.93 bits per heavy atom. The predicted molar refractivity (Wildman–Crippen MR) is 126 cm³/mol. The quantitative estimate of drug-likeness (QED) is 0.504. The lowest BCUT2D eigenvalue weighted by Crippen LogP contribution is -2.40. The summed E-state index contributed by atoms with van der Waals surface area (Å²) in [6.07, 6.45) is 14.6. The zero-order valence-electron chi connectivity index (χ0n) is 18.1. The van der Waals surface area contributed by atoms with Crippen LogP contribution in [0.3, 0.4) is 0 Å². The summed E-state index contributed by atoms with van der Waals surface area (Å²) in [4.78, 5) is 20.1. The average molecular weight is 399 g/mol. The molecule has 0 radical (unpaired) electrons. The minimum absolute atomic E-state index is 0.0394. The van der Waals surface area contributed by atoms with Gasteiger partial charge < -0.3 is 4.98 Å². The molecule has 2 atom stereocenters. The lowest BCUT2D eigenvalue weighted by molar-refractivity contribution is 0.413. The van der Waals surface area contributed by atoms with Crippen molar-refractivity contribution < 1.29 is 0 Å². The van der Waals surface area contributed by atoms with E-state index in [1.165, 1.54) is 22.3 Å². The van der Waals surface area contributed by atoms with Gasteiger partial charge in [-0.15, -0.1) is 0 Å². The minimum Gasteiger partial charge on any atom is -0.326 e. The van der Waals surface area contributed by atoms with Gasteiger partial charge in [-0.25, -0.2) is 0 Å². The van der Waals surface area contributed by atoms with Gasteiger partial charge in [0.25, 0.3) is 0 Å². The molecular formula is C27H30N2O. The molecular weight excluding hydrogens is 368 g/mol. The lowest BCUT2D eigenvalue weighted by Gasteiger charge is -2.45. The van der Waals surface area contributed by atoms with E-state index in [1.807, 2.05) is 18.4 Å². The van der Waals surface area contributed by atoms with Gasteiger partial charge in [-0.2, -0.15) is 0 Å². The van der Waals surface area contributed by atoms with Gasteiger partial charge in [0.1, 0.15) is 5.54 Å². The standard InChI is InChI=1S/C27H30N2O/c1-4-8-20-9-6-10-21(16-20)11-7-14-28-27-18-19(3)15-22(23(27)5-2)17-25-24(27)12-13-26(30)29-25/h5-7,9-16,22H,4,8,17-18H2,1-3H3,(H,29,30). The number of nitrogens with one attached hydrogen (secondary N) is 1. The highest BCUT2D eigenvalue weighted by atomic mass is 16.1. The maximum absolute atomic E-state index is 11.9. The number of aliphatic imine (C=N–C) groups is 1. The molecule has 0 saturated carbocycles. The van der Waals surface area contributed by atoms with E-state index in [0.717, 1.165) is 36.9 Å². The second-order valence-electron chi connectivity index (χ2n) is 8.45. The molecule has 30 heavy (non-hydrogen) atoms. The molecule has 0 aliphatic heterocycles. The van der Waals surface area contributed by atoms with Crippen LogP contribution in [-0.4, -0.2) is 11.2 Å². The Bertz CT molecular complexity index is 1120. The molecule has 1 aromatic carbocycles. The molecule has 0 amide bonds. The first-order valence-electron chi connectivity index (χ1n) is 10.9. The van der Waals surface area contributed by atoms with Crippen molar-refractivity contribution in [3.05, 3.63) is 98.5 Å². The van der Waals surface area contributed by atoms with Crippen molar-refractivity contribution in [2.24, 2.45) is 10.9 Å². The number of hydrogen-bond donors (Lipinski definition) is 1. The summed E-state index contributed by atoms with van der Waals surface area (Å²) in [6, 6.07) is 12.3. The van der Waals surface area contributed by atoms with Crippen LogP contribution in [-0.2, 0) is 18.4 Å². The van der Waals surface area contributed by atoms with Crippen LogP contribution in [0, 0.1) is 5.92 Å². The van der Waals surface area contributed by atoms with Gasteiger partial charge in [-0.1, -0.05) is 61.4 Å².